The molecule has 5 nitrogen and oxygen atoms in total. The summed E-state index contributed by atoms with van der Waals surface area (Å²) >= 11 is 1.55. The lowest BCUT2D eigenvalue weighted by atomic mass is 10.1. The summed E-state index contributed by atoms with van der Waals surface area (Å²) in [4.78, 5) is 4.98. The first-order valence-electron chi connectivity index (χ1n) is 9.45. The molecule has 1 aliphatic rings. The van der Waals surface area contributed by atoms with Crippen molar-refractivity contribution >= 4 is 31.6 Å². The van der Waals surface area contributed by atoms with E-state index in [9.17, 15) is 8.42 Å². The zero-order chi connectivity index (χ0) is 19.9. The Morgan fingerprint density at radius 1 is 1.04 bits per heavy atom. The molecule has 0 saturated carbocycles. The maximum absolute atomic E-state index is 12.9. The van der Waals surface area contributed by atoms with Crippen molar-refractivity contribution in [3.05, 3.63) is 53.1 Å². The Morgan fingerprint density at radius 3 is 2.46 bits per heavy atom. The summed E-state index contributed by atoms with van der Waals surface area (Å²) in [6, 6.07) is 11.4. The molecular weight excluding hydrogens is 392 g/mol. The van der Waals surface area contributed by atoms with E-state index in [0.29, 0.717) is 36.0 Å². The van der Waals surface area contributed by atoms with Gasteiger partial charge in [0.05, 0.1) is 15.1 Å². The molecule has 0 bridgehead atoms. The second-order valence-electron chi connectivity index (χ2n) is 7.37. The van der Waals surface area contributed by atoms with Crippen molar-refractivity contribution in [1.29, 1.82) is 0 Å². The van der Waals surface area contributed by atoms with Crippen LogP contribution in [0.5, 0.6) is 5.19 Å². The Kier molecular flexibility index (Phi) is 5.16. The monoisotopic (exact) mass is 416 g/mol. The number of aryl methyl sites for hydroxylation is 3. The summed E-state index contributed by atoms with van der Waals surface area (Å²) in [7, 11) is -3.46. The molecule has 7 heteroatoms. The lowest BCUT2D eigenvalue weighted by Crippen LogP contribution is -2.41. The van der Waals surface area contributed by atoms with Crippen LogP contribution in [0.1, 0.15) is 29.5 Å². The molecule has 0 radical (unpaired) electrons. The summed E-state index contributed by atoms with van der Waals surface area (Å²) in [5, 5.41) is 0.666. The van der Waals surface area contributed by atoms with Crippen LogP contribution >= 0.6 is 11.3 Å². The van der Waals surface area contributed by atoms with Crippen LogP contribution in [-0.4, -0.2) is 36.9 Å². The molecule has 0 unspecified atom stereocenters. The molecule has 2 heterocycles. The van der Waals surface area contributed by atoms with E-state index in [2.05, 4.69) is 4.98 Å². The molecule has 148 valence electrons. The van der Waals surface area contributed by atoms with Crippen LogP contribution in [0.15, 0.2) is 41.3 Å². The van der Waals surface area contributed by atoms with E-state index in [1.54, 1.807) is 27.8 Å². The number of ether oxygens (including phenoxy) is 1. The van der Waals surface area contributed by atoms with Gasteiger partial charge in [-0.15, -0.1) is 0 Å². The fourth-order valence-corrected chi connectivity index (χ4v) is 5.99. The van der Waals surface area contributed by atoms with Gasteiger partial charge < -0.3 is 4.74 Å². The molecule has 28 heavy (non-hydrogen) atoms. The van der Waals surface area contributed by atoms with Gasteiger partial charge in [-0.3, -0.25) is 0 Å². The van der Waals surface area contributed by atoms with Crippen molar-refractivity contribution in [3.8, 4) is 5.19 Å². The van der Waals surface area contributed by atoms with Crippen LogP contribution in [0.4, 0.5) is 0 Å². The third kappa shape index (κ3) is 3.66. The largest absolute Gasteiger partial charge is 0.467 e. The minimum atomic E-state index is -3.46. The van der Waals surface area contributed by atoms with Gasteiger partial charge in [0.25, 0.3) is 5.19 Å². The van der Waals surface area contributed by atoms with Crippen LogP contribution in [0.3, 0.4) is 0 Å². The molecule has 0 aliphatic carbocycles. The first-order chi connectivity index (χ1) is 13.3. The first kappa shape index (κ1) is 19.4. The van der Waals surface area contributed by atoms with Crippen molar-refractivity contribution in [2.45, 2.75) is 44.6 Å². The molecule has 1 aromatic heterocycles. The second kappa shape index (κ2) is 7.46. The van der Waals surface area contributed by atoms with Gasteiger partial charge in [-0.05, 0) is 68.5 Å². The second-order valence-corrected chi connectivity index (χ2v) is 10.3. The summed E-state index contributed by atoms with van der Waals surface area (Å²) in [5.74, 6) is 0. The molecule has 3 aromatic rings. The SMILES string of the molecule is Cc1ccc(S(=O)(=O)N2CCC(Oc3nc4c(C)cccc4s3)CC2)cc1C. The van der Waals surface area contributed by atoms with E-state index in [-0.39, 0.29) is 6.10 Å². The molecular formula is C21H24N2O3S2. The molecule has 2 aromatic carbocycles. The number of benzene rings is 2. The first-order valence-corrected chi connectivity index (χ1v) is 11.7. The number of thiazole rings is 1. The number of para-hydroxylation sites is 1. The molecule has 0 N–H and O–H groups in total. The predicted molar refractivity (Wildman–Crippen MR) is 113 cm³/mol. The Hall–Kier alpha value is -1.96. The zero-order valence-corrected chi connectivity index (χ0v) is 17.9. The van der Waals surface area contributed by atoms with E-state index in [4.69, 9.17) is 4.74 Å². The summed E-state index contributed by atoms with van der Waals surface area (Å²) < 4.78 is 34.7. The van der Waals surface area contributed by atoms with Gasteiger partial charge in [-0.2, -0.15) is 4.31 Å². The summed E-state index contributed by atoms with van der Waals surface area (Å²) in [6.45, 7) is 6.89. The maximum atomic E-state index is 12.9. The molecule has 1 saturated heterocycles. The Labute approximate surface area is 170 Å². The average Bonchev–Trinajstić information content (AvgIpc) is 3.08. The quantitative estimate of drug-likeness (QED) is 0.630. The maximum Gasteiger partial charge on any atom is 0.274 e. The highest BCUT2D eigenvalue weighted by Crippen LogP contribution is 2.32. The van der Waals surface area contributed by atoms with Crippen molar-refractivity contribution in [1.82, 2.24) is 9.29 Å². The minimum Gasteiger partial charge on any atom is -0.467 e. The minimum absolute atomic E-state index is 0.00734. The molecule has 4 rings (SSSR count). The third-order valence-corrected chi connectivity index (χ3v) is 8.19. The van der Waals surface area contributed by atoms with Gasteiger partial charge in [0.15, 0.2) is 0 Å². The molecule has 0 amide bonds. The van der Waals surface area contributed by atoms with Crippen molar-refractivity contribution in [2.75, 3.05) is 13.1 Å². The standard InChI is InChI=1S/C21H24N2O3S2/c1-14-7-8-18(13-16(14)3)28(24,25)23-11-9-17(10-12-23)26-21-22-20-15(2)5-4-6-19(20)27-21/h4-8,13,17H,9-12H2,1-3H3. The van der Waals surface area contributed by atoms with Gasteiger partial charge in [-0.1, -0.05) is 29.5 Å². The zero-order valence-electron chi connectivity index (χ0n) is 16.3. The summed E-state index contributed by atoms with van der Waals surface area (Å²) in [5.41, 5.74) is 4.21. The van der Waals surface area contributed by atoms with Crippen molar-refractivity contribution in [2.24, 2.45) is 0 Å². The fourth-order valence-electron chi connectivity index (χ4n) is 3.47. The molecule has 0 atom stereocenters. The molecule has 1 aliphatic heterocycles. The van der Waals surface area contributed by atoms with E-state index >= 15 is 0 Å². The van der Waals surface area contributed by atoms with Crippen LogP contribution < -0.4 is 4.74 Å². The van der Waals surface area contributed by atoms with Crippen LogP contribution in [0, 0.1) is 20.8 Å². The topological polar surface area (TPSA) is 59.5 Å². The number of hydrogen-bond donors (Lipinski definition) is 0. The lowest BCUT2D eigenvalue weighted by molar-refractivity contribution is 0.135. The number of piperidine rings is 1. The predicted octanol–water partition coefficient (Wildman–Crippen LogP) is 4.45. The van der Waals surface area contributed by atoms with Gasteiger partial charge in [0, 0.05) is 13.1 Å². The normalized spacial score (nSPS) is 16.5. The fraction of sp³-hybridized carbons (Fsp3) is 0.381. The highest BCUT2D eigenvalue weighted by Gasteiger charge is 2.30. The van der Waals surface area contributed by atoms with Crippen LogP contribution in [0.25, 0.3) is 10.2 Å². The molecule has 0 spiro atoms. The number of rotatable bonds is 4. The third-order valence-electron chi connectivity index (χ3n) is 5.39. The average molecular weight is 417 g/mol. The Morgan fingerprint density at radius 2 is 1.79 bits per heavy atom. The van der Waals surface area contributed by atoms with Crippen LogP contribution in [0.2, 0.25) is 0 Å². The van der Waals surface area contributed by atoms with Gasteiger partial charge in [-0.25, -0.2) is 13.4 Å². The highest BCUT2D eigenvalue weighted by atomic mass is 32.2. The lowest BCUT2D eigenvalue weighted by Gasteiger charge is -2.30. The number of hydrogen-bond acceptors (Lipinski definition) is 5. The van der Waals surface area contributed by atoms with Crippen LogP contribution in [-0.2, 0) is 10.0 Å². The van der Waals surface area contributed by atoms with E-state index in [1.807, 2.05) is 45.0 Å². The number of fused-ring (bicyclic) bond motifs is 1. The number of sulfonamides is 1. The van der Waals surface area contributed by atoms with Gasteiger partial charge in [0.1, 0.15) is 6.10 Å². The van der Waals surface area contributed by atoms with E-state index in [0.717, 1.165) is 26.9 Å². The Bertz CT molecular complexity index is 1110. The van der Waals surface area contributed by atoms with E-state index < -0.39 is 10.0 Å². The van der Waals surface area contributed by atoms with Gasteiger partial charge >= 0.3 is 0 Å². The highest BCUT2D eigenvalue weighted by molar-refractivity contribution is 7.89. The van der Waals surface area contributed by atoms with Crippen molar-refractivity contribution in [3.63, 3.8) is 0 Å². The molecule has 1 fully saturated rings. The summed E-state index contributed by atoms with van der Waals surface area (Å²) in [6.07, 6.45) is 1.32. The van der Waals surface area contributed by atoms with Gasteiger partial charge in [0.2, 0.25) is 10.0 Å². The number of nitrogens with zero attached hydrogens (tertiary/aromatic N) is 2. The smallest absolute Gasteiger partial charge is 0.274 e. The number of aromatic nitrogens is 1. The van der Waals surface area contributed by atoms with E-state index in [1.165, 1.54) is 0 Å². The Balaban J connectivity index is 1.43. The van der Waals surface area contributed by atoms with Crippen molar-refractivity contribution < 1.29 is 13.2 Å².